The maximum Gasteiger partial charge on any atom is 0.362 e. The van der Waals surface area contributed by atoms with Gasteiger partial charge in [-0.25, -0.2) is 4.72 Å². The molecule has 1 N–H and O–H groups in total. The van der Waals surface area contributed by atoms with Gasteiger partial charge in [0.2, 0.25) is 5.91 Å². The Labute approximate surface area is 82.5 Å². The Morgan fingerprint density at radius 3 is 2.54 bits per heavy atom. The zero-order chi connectivity index (χ0) is 10.5. The van der Waals surface area contributed by atoms with Crippen LogP contribution in [0, 0.1) is 0 Å². The highest BCUT2D eigenvalue weighted by atomic mass is 32.2. The molecule has 0 bridgehead atoms. The summed E-state index contributed by atoms with van der Waals surface area (Å²) in [6.45, 7) is 3.00. The smallest absolute Gasteiger partial charge is 0.274 e. The number of thioether (sulfide) groups is 1. The van der Waals surface area contributed by atoms with Gasteiger partial charge in [0, 0.05) is 12.2 Å². The van der Waals surface area contributed by atoms with Crippen LogP contribution in [0.4, 0.5) is 0 Å². The standard InChI is InChI=1S/C6H13NO4S2/c1-5(12-3)4-11-13(9,10)7-6(2)8/h5H,4H2,1-3H3,(H,7,8). The van der Waals surface area contributed by atoms with E-state index in [0.29, 0.717) is 0 Å². The summed E-state index contributed by atoms with van der Waals surface area (Å²) in [5.41, 5.74) is 0. The molecule has 0 spiro atoms. The molecule has 0 rings (SSSR count). The van der Waals surface area contributed by atoms with Crippen molar-refractivity contribution in [2.24, 2.45) is 0 Å². The highest BCUT2D eigenvalue weighted by Crippen LogP contribution is 2.05. The second-order valence-electron chi connectivity index (χ2n) is 2.44. The van der Waals surface area contributed by atoms with Gasteiger partial charge in [-0.3, -0.25) is 8.98 Å². The van der Waals surface area contributed by atoms with Gasteiger partial charge in [-0.2, -0.15) is 20.2 Å². The lowest BCUT2D eigenvalue weighted by Crippen LogP contribution is -2.31. The normalized spacial score (nSPS) is 13.8. The van der Waals surface area contributed by atoms with Crippen LogP contribution in [0.3, 0.4) is 0 Å². The van der Waals surface area contributed by atoms with Crippen molar-refractivity contribution >= 4 is 28.0 Å². The maximum absolute atomic E-state index is 10.9. The van der Waals surface area contributed by atoms with E-state index in [1.807, 2.05) is 13.2 Å². The Kier molecular flexibility index (Phi) is 5.34. The third-order valence-electron chi connectivity index (χ3n) is 1.13. The van der Waals surface area contributed by atoms with Crippen LogP contribution in [0.25, 0.3) is 0 Å². The lowest BCUT2D eigenvalue weighted by atomic mass is 10.5. The van der Waals surface area contributed by atoms with E-state index in [1.54, 1.807) is 4.72 Å². The molecule has 0 radical (unpaired) electrons. The molecule has 78 valence electrons. The summed E-state index contributed by atoms with van der Waals surface area (Å²) < 4.78 is 28.0. The van der Waals surface area contributed by atoms with E-state index >= 15 is 0 Å². The number of nitrogens with one attached hydrogen (secondary N) is 1. The zero-order valence-electron chi connectivity index (χ0n) is 7.73. The molecular formula is C6H13NO4S2. The molecule has 13 heavy (non-hydrogen) atoms. The molecule has 7 heteroatoms. The molecule has 0 aliphatic rings. The number of hydrogen-bond acceptors (Lipinski definition) is 5. The van der Waals surface area contributed by atoms with E-state index in [-0.39, 0.29) is 11.9 Å². The summed E-state index contributed by atoms with van der Waals surface area (Å²) in [4.78, 5) is 10.4. The number of hydrogen-bond donors (Lipinski definition) is 1. The minimum Gasteiger partial charge on any atom is -0.274 e. The molecule has 1 atom stereocenters. The maximum atomic E-state index is 10.9. The highest BCUT2D eigenvalue weighted by Gasteiger charge is 2.13. The minimum atomic E-state index is -3.90. The van der Waals surface area contributed by atoms with Crippen LogP contribution in [0.15, 0.2) is 0 Å². The third-order valence-corrected chi connectivity index (χ3v) is 3.05. The number of carbonyl (C=O) groups excluding carboxylic acids is 1. The largest absolute Gasteiger partial charge is 0.362 e. The number of amides is 1. The second kappa shape index (κ2) is 5.46. The average molecular weight is 227 g/mol. The minimum absolute atomic E-state index is 0.0593. The molecule has 0 heterocycles. The van der Waals surface area contributed by atoms with E-state index in [9.17, 15) is 13.2 Å². The Morgan fingerprint density at radius 2 is 2.15 bits per heavy atom. The van der Waals surface area contributed by atoms with Gasteiger partial charge in [0.15, 0.2) is 0 Å². The van der Waals surface area contributed by atoms with Crippen molar-refractivity contribution in [3.05, 3.63) is 0 Å². The van der Waals surface area contributed by atoms with Crippen LogP contribution in [0.2, 0.25) is 0 Å². The molecule has 1 amide bonds. The van der Waals surface area contributed by atoms with Gasteiger partial charge in [-0.1, -0.05) is 6.92 Å². The summed E-state index contributed by atoms with van der Waals surface area (Å²) >= 11 is 1.48. The Balaban J connectivity index is 3.97. The summed E-state index contributed by atoms with van der Waals surface area (Å²) in [6, 6.07) is 0. The first kappa shape index (κ1) is 12.7. The Bertz CT molecular complexity index is 262. The predicted molar refractivity (Wildman–Crippen MR) is 51.7 cm³/mol. The van der Waals surface area contributed by atoms with E-state index in [4.69, 9.17) is 0 Å². The highest BCUT2D eigenvalue weighted by molar-refractivity contribution is 7.99. The van der Waals surface area contributed by atoms with Gasteiger partial charge in [0.25, 0.3) is 0 Å². The van der Waals surface area contributed by atoms with E-state index < -0.39 is 16.2 Å². The van der Waals surface area contributed by atoms with Crippen LogP contribution in [0.5, 0.6) is 0 Å². The molecule has 1 unspecified atom stereocenters. The first-order valence-electron chi connectivity index (χ1n) is 3.58. The average Bonchev–Trinajstić information content (AvgIpc) is 1.98. The fraction of sp³-hybridized carbons (Fsp3) is 0.833. The zero-order valence-corrected chi connectivity index (χ0v) is 9.37. The Morgan fingerprint density at radius 1 is 1.62 bits per heavy atom. The van der Waals surface area contributed by atoms with Crippen molar-refractivity contribution in [1.82, 2.24) is 4.72 Å². The van der Waals surface area contributed by atoms with E-state index in [0.717, 1.165) is 6.92 Å². The summed E-state index contributed by atoms with van der Waals surface area (Å²) in [6.07, 6.45) is 1.85. The summed E-state index contributed by atoms with van der Waals surface area (Å²) in [5.74, 6) is -0.656. The van der Waals surface area contributed by atoms with Crippen LogP contribution in [-0.2, 0) is 19.3 Å². The molecule has 0 saturated carbocycles. The topological polar surface area (TPSA) is 72.5 Å². The third kappa shape index (κ3) is 6.85. The van der Waals surface area contributed by atoms with E-state index in [2.05, 4.69) is 4.18 Å². The molecular weight excluding hydrogens is 214 g/mol. The quantitative estimate of drug-likeness (QED) is 0.723. The fourth-order valence-corrected chi connectivity index (χ4v) is 1.54. The van der Waals surface area contributed by atoms with Gasteiger partial charge in [0.05, 0.1) is 6.61 Å². The van der Waals surface area contributed by atoms with Gasteiger partial charge < -0.3 is 0 Å². The molecule has 0 saturated heterocycles. The van der Waals surface area contributed by atoms with Crippen LogP contribution in [0.1, 0.15) is 13.8 Å². The Hall–Kier alpha value is -0.270. The van der Waals surface area contributed by atoms with Gasteiger partial charge >= 0.3 is 10.3 Å². The number of rotatable bonds is 5. The van der Waals surface area contributed by atoms with Crippen molar-refractivity contribution in [2.45, 2.75) is 19.1 Å². The number of carbonyl (C=O) groups is 1. The SMILES string of the molecule is CSC(C)COS(=O)(=O)NC(C)=O. The fourth-order valence-electron chi connectivity index (χ4n) is 0.459. The predicted octanol–water partition coefficient (Wildman–Crippen LogP) is 0.135. The van der Waals surface area contributed by atoms with E-state index in [1.165, 1.54) is 11.8 Å². The first-order chi connectivity index (χ1) is 5.87. The van der Waals surface area contributed by atoms with Crippen molar-refractivity contribution in [3.63, 3.8) is 0 Å². The molecule has 0 aliphatic carbocycles. The van der Waals surface area contributed by atoms with Crippen molar-refractivity contribution in [1.29, 1.82) is 0 Å². The van der Waals surface area contributed by atoms with Crippen molar-refractivity contribution in [3.8, 4) is 0 Å². The molecule has 0 aliphatic heterocycles. The van der Waals surface area contributed by atoms with Crippen LogP contribution < -0.4 is 4.72 Å². The van der Waals surface area contributed by atoms with Gasteiger partial charge in [-0.05, 0) is 6.26 Å². The lowest BCUT2D eigenvalue weighted by molar-refractivity contribution is -0.117. The molecule has 0 aromatic carbocycles. The summed E-state index contributed by atoms with van der Waals surface area (Å²) in [7, 11) is -3.90. The summed E-state index contributed by atoms with van der Waals surface area (Å²) in [5, 5.41) is 0.0727. The van der Waals surface area contributed by atoms with Gasteiger partial charge in [0.1, 0.15) is 0 Å². The van der Waals surface area contributed by atoms with Crippen LogP contribution >= 0.6 is 11.8 Å². The first-order valence-corrected chi connectivity index (χ1v) is 6.27. The molecule has 0 aromatic rings. The molecule has 0 fully saturated rings. The lowest BCUT2D eigenvalue weighted by Gasteiger charge is -2.08. The van der Waals surface area contributed by atoms with Crippen molar-refractivity contribution < 1.29 is 17.4 Å². The van der Waals surface area contributed by atoms with Gasteiger partial charge in [-0.15, -0.1) is 0 Å². The second-order valence-corrected chi connectivity index (χ2v) is 5.07. The van der Waals surface area contributed by atoms with Crippen LogP contribution in [-0.4, -0.2) is 32.4 Å². The molecule has 5 nitrogen and oxygen atoms in total. The molecule has 0 aromatic heterocycles. The van der Waals surface area contributed by atoms with Crippen molar-refractivity contribution in [2.75, 3.05) is 12.9 Å². The monoisotopic (exact) mass is 227 g/mol.